The fourth-order valence-electron chi connectivity index (χ4n) is 1.52. The Morgan fingerprint density at radius 1 is 1.35 bits per heavy atom. The van der Waals surface area contributed by atoms with Gasteiger partial charge in [0, 0.05) is 11.0 Å². The number of carboxylic acid groups (broad SMARTS) is 1. The third kappa shape index (κ3) is 3.76. The van der Waals surface area contributed by atoms with Crippen LogP contribution < -0.4 is 4.74 Å². The first-order valence-electron chi connectivity index (χ1n) is 5.62. The number of halogens is 2. The highest BCUT2D eigenvalue weighted by molar-refractivity contribution is 7.10. The molecule has 1 aromatic carbocycles. The van der Waals surface area contributed by atoms with Crippen molar-refractivity contribution in [1.29, 1.82) is 0 Å². The summed E-state index contributed by atoms with van der Waals surface area (Å²) >= 11 is 13.4. The van der Waals surface area contributed by atoms with Crippen molar-refractivity contribution in [2.24, 2.45) is 0 Å². The normalized spacial score (nSPS) is 10.9. The Morgan fingerprint density at radius 2 is 2.15 bits per heavy atom. The fourth-order valence-corrected chi connectivity index (χ4v) is 2.64. The Balaban J connectivity index is 2.10. The van der Waals surface area contributed by atoms with E-state index < -0.39 is 5.97 Å². The van der Waals surface area contributed by atoms with Gasteiger partial charge in [0.25, 0.3) is 0 Å². The van der Waals surface area contributed by atoms with Crippen molar-refractivity contribution in [2.45, 2.75) is 6.61 Å². The van der Waals surface area contributed by atoms with E-state index in [2.05, 4.69) is 0 Å². The lowest BCUT2D eigenvalue weighted by atomic mass is 10.2. The highest BCUT2D eigenvalue weighted by Crippen LogP contribution is 2.32. The zero-order chi connectivity index (χ0) is 14.5. The molecular weight excluding hydrogens is 319 g/mol. The minimum absolute atomic E-state index is 0.303. The molecule has 0 spiro atoms. The first-order chi connectivity index (χ1) is 9.58. The number of carbonyl (C=O) groups is 1. The molecule has 104 valence electrons. The molecule has 0 aliphatic rings. The van der Waals surface area contributed by atoms with Crippen molar-refractivity contribution in [1.82, 2.24) is 0 Å². The number of thiophene rings is 1. The van der Waals surface area contributed by atoms with Crippen molar-refractivity contribution >= 4 is 46.6 Å². The van der Waals surface area contributed by atoms with E-state index in [4.69, 9.17) is 33.0 Å². The van der Waals surface area contributed by atoms with Gasteiger partial charge in [-0.05, 0) is 35.2 Å². The van der Waals surface area contributed by atoms with E-state index in [9.17, 15) is 4.79 Å². The highest BCUT2D eigenvalue weighted by Gasteiger charge is 2.08. The van der Waals surface area contributed by atoms with Gasteiger partial charge in [-0.25, -0.2) is 4.79 Å². The molecule has 20 heavy (non-hydrogen) atoms. The van der Waals surface area contributed by atoms with Gasteiger partial charge in [-0.15, -0.1) is 11.3 Å². The molecule has 0 saturated heterocycles. The Labute approximate surface area is 130 Å². The van der Waals surface area contributed by atoms with Crippen LogP contribution >= 0.6 is 34.5 Å². The monoisotopic (exact) mass is 328 g/mol. The van der Waals surface area contributed by atoms with Crippen LogP contribution in [0.3, 0.4) is 0 Å². The molecule has 0 fully saturated rings. The van der Waals surface area contributed by atoms with Crippen molar-refractivity contribution in [2.75, 3.05) is 0 Å². The molecule has 0 radical (unpaired) electrons. The molecule has 6 heteroatoms. The Bertz CT molecular complexity index is 650. The van der Waals surface area contributed by atoms with E-state index in [-0.39, 0.29) is 0 Å². The number of benzene rings is 1. The van der Waals surface area contributed by atoms with Gasteiger partial charge in [0.15, 0.2) is 0 Å². The lowest BCUT2D eigenvalue weighted by Gasteiger charge is -2.08. The third-order valence-electron chi connectivity index (χ3n) is 2.46. The van der Waals surface area contributed by atoms with E-state index >= 15 is 0 Å². The molecule has 0 bridgehead atoms. The van der Waals surface area contributed by atoms with Crippen LogP contribution in [-0.4, -0.2) is 11.1 Å². The molecule has 0 atom stereocenters. The summed E-state index contributed by atoms with van der Waals surface area (Å²) < 4.78 is 5.62. The van der Waals surface area contributed by atoms with Gasteiger partial charge in [-0.1, -0.05) is 29.3 Å². The second kappa shape index (κ2) is 6.79. The molecule has 3 nitrogen and oxygen atoms in total. The van der Waals surface area contributed by atoms with Crippen LogP contribution in [0.5, 0.6) is 5.75 Å². The number of ether oxygens (including phenoxy) is 1. The lowest BCUT2D eigenvalue weighted by molar-refractivity contribution is -0.131. The van der Waals surface area contributed by atoms with Crippen LogP contribution in [0.1, 0.15) is 10.4 Å². The summed E-state index contributed by atoms with van der Waals surface area (Å²) in [6.45, 7) is 0.303. The van der Waals surface area contributed by atoms with Crippen LogP contribution in [0.15, 0.2) is 35.7 Å². The molecular formula is C14H10Cl2O3S. The van der Waals surface area contributed by atoms with Crippen molar-refractivity contribution in [3.63, 3.8) is 0 Å². The van der Waals surface area contributed by atoms with Crippen molar-refractivity contribution in [3.8, 4) is 5.75 Å². The maximum atomic E-state index is 10.5. The van der Waals surface area contributed by atoms with Crippen LogP contribution in [0.2, 0.25) is 10.0 Å². The fraction of sp³-hybridized carbons (Fsp3) is 0.0714. The minimum Gasteiger partial charge on any atom is -0.486 e. The van der Waals surface area contributed by atoms with Gasteiger partial charge in [0.2, 0.25) is 0 Å². The third-order valence-corrected chi connectivity index (χ3v) is 4.17. The zero-order valence-electron chi connectivity index (χ0n) is 10.2. The SMILES string of the molecule is O=C(O)C=Cc1ccsc1COc1cccc(Cl)c1Cl. The maximum absolute atomic E-state index is 10.5. The second-order valence-corrected chi connectivity index (χ2v) is 5.60. The molecule has 2 aromatic rings. The number of carboxylic acids is 1. The van der Waals surface area contributed by atoms with Crippen LogP contribution in [0, 0.1) is 0 Å². The van der Waals surface area contributed by atoms with Crippen molar-refractivity contribution in [3.05, 3.63) is 56.2 Å². The first kappa shape index (κ1) is 14.9. The smallest absolute Gasteiger partial charge is 0.328 e. The van der Waals surface area contributed by atoms with Crippen molar-refractivity contribution < 1.29 is 14.6 Å². The topological polar surface area (TPSA) is 46.5 Å². The molecule has 0 aliphatic carbocycles. The summed E-state index contributed by atoms with van der Waals surface area (Å²) in [5, 5.41) is 11.3. The van der Waals surface area contributed by atoms with Gasteiger partial charge >= 0.3 is 5.97 Å². The number of aliphatic carboxylic acids is 1. The quantitative estimate of drug-likeness (QED) is 0.807. The van der Waals surface area contributed by atoms with Gasteiger partial charge in [0.05, 0.1) is 5.02 Å². The summed E-state index contributed by atoms with van der Waals surface area (Å²) in [6.07, 6.45) is 2.63. The molecule has 1 aromatic heterocycles. The van der Waals surface area contributed by atoms with E-state index in [1.807, 2.05) is 11.4 Å². The average molecular weight is 329 g/mol. The van der Waals surface area contributed by atoms with E-state index in [1.165, 1.54) is 17.4 Å². The highest BCUT2D eigenvalue weighted by atomic mass is 35.5. The summed E-state index contributed by atoms with van der Waals surface area (Å²) in [5.41, 5.74) is 0.815. The molecule has 2 rings (SSSR count). The molecule has 0 amide bonds. The van der Waals surface area contributed by atoms with E-state index in [0.29, 0.717) is 22.4 Å². The number of hydrogen-bond acceptors (Lipinski definition) is 3. The molecule has 0 unspecified atom stereocenters. The zero-order valence-corrected chi connectivity index (χ0v) is 12.5. The summed E-state index contributed by atoms with van der Waals surface area (Å²) in [6, 6.07) is 7.00. The number of rotatable bonds is 5. The maximum Gasteiger partial charge on any atom is 0.328 e. The largest absolute Gasteiger partial charge is 0.486 e. The standard InChI is InChI=1S/C14H10Cl2O3S/c15-10-2-1-3-11(14(10)16)19-8-12-9(6-7-20-12)4-5-13(17)18/h1-7H,8H2,(H,17,18). The van der Waals surface area contributed by atoms with E-state index in [0.717, 1.165) is 16.5 Å². The summed E-state index contributed by atoms with van der Waals surface area (Å²) in [7, 11) is 0. The Hall–Kier alpha value is -1.49. The Kier molecular flexibility index (Phi) is 5.06. The second-order valence-electron chi connectivity index (χ2n) is 3.81. The molecule has 0 aliphatic heterocycles. The minimum atomic E-state index is -0.985. The van der Waals surface area contributed by atoms with Gasteiger partial charge in [0.1, 0.15) is 17.4 Å². The molecule has 1 N–H and O–H groups in total. The molecule has 0 saturated carbocycles. The predicted octanol–water partition coefficient (Wildman–Crippen LogP) is 4.73. The van der Waals surface area contributed by atoms with Gasteiger partial charge in [-0.2, -0.15) is 0 Å². The van der Waals surface area contributed by atoms with Crippen LogP contribution in [-0.2, 0) is 11.4 Å². The molecule has 1 heterocycles. The summed E-state index contributed by atoms with van der Waals surface area (Å²) in [5.74, 6) is -0.485. The Morgan fingerprint density at radius 3 is 2.90 bits per heavy atom. The van der Waals surface area contributed by atoms with E-state index in [1.54, 1.807) is 18.2 Å². The van der Waals surface area contributed by atoms with Crippen LogP contribution in [0.25, 0.3) is 6.08 Å². The average Bonchev–Trinajstić information content (AvgIpc) is 2.85. The van der Waals surface area contributed by atoms with Crippen LogP contribution in [0.4, 0.5) is 0 Å². The van der Waals surface area contributed by atoms with Gasteiger partial charge in [-0.3, -0.25) is 0 Å². The summed E-state index contributed by atoms with van der Waals surface area (Å²) in [4.78, 5) is 11.4. The predicted molar refractivity (Wildman–Crippen MR) is 81.8 cm³/mol. The van der Waals surface area contributed by atoms with Gasteiger partial charge < -0.3 is 9.84 Å². The lowest BCUT2D eigenvalue weighted by Crippen LogP contribution is -1.95. The number of hydrogen-bond donors (Lipinski definition) is 1. The first-order valence-corrected chi connectivity index (χ1v) is 7.25.